The van der Waals surface area contributed by atoms with E-state index in [1.54, 1.807) is 31.2 Å². The summed E-state index contributed by atoms with van der Waals surface area (Å²) < 4.78 is 5.01. The van der Waals surface area contributed by atoms with E-state index in [1.807, 2.05) is 0 Å². The third-order valence-electron chi connectivity index (χ3n) is 3.77. The number of anilines is 1. The van der Waals surface area contributed by atoms with Crippen molar-refractivity contribution < 1.29 is 14.3 Å². The number of hydrogen-bond acceptors (Lipinski definition) is 3. The predicted molar refractivity (Wildman–Crippen MR) is 95.2 cm³/mol. The van der Waals surface area contributed by atoms with Gasteiger partial charge >= 0.3 is 5.97 Å². The Balaban J connectivity index is 1.95. The Morgan fingerprint density at radius 3 is 2.29 bits per heavy atom. The summed E-state index contributed by atoms with van der Waals surface area (Å²) in [5.41, 5.74) is 3.27. The van der Waals surface area contributed by atoms with Crippen LogP contribution in [0.2, 0.25) is 0 Å². The van der Waals surface area contributed by atoms with E-state index in [4.69, 9.17) is 4.74 Å². The van der Waals surface area contributed by atoms with Gasteiger partial charge in [0.15, 0.2) is 0 Å². The maximum atomic E-state index is 12.2. The summed E-state index contributed by atoms with van der Waals surface area (Å²) >= 11 is 0. The summed E-state index contributed by atoms with van der Waals surface area (Å²) in [6.45, 7) is 4.17. The first-order valence-corrected chi connectivity index (χ1v) is 8.27. The highest BCUT2D eigenvalue weighted by Crippen LogP contribution is 2.17. The van der Waals surface area contributed by atoms with Crippen LogP contribution in [0.5, 0.6) is 0 Å². The van der Waals surface area contributed by atoms with Crippen LogP contribution in [0.15, 0.2) is 48.5 Å². The van der Waals surface area contributed by atoms with Gasteiger partial charge in [-0.15, -0.1) is 0 Å². The molecule has 0 saturated carbocycles. The molecule has 0 aliphatic heterocycles. The molecule has 2 aromatic carbocycles. The summed E-state index contributed by atoms with van der Waals surface area (Å²) in [4.78, 5) is 24.1. The zero-order chi connectivity index (χ0) is 17.4. The molecule has 0 bridgehead atoms. The van der Waals surface area contributed by atoms with Crippen LogP contribution < -0.4 is 5.32 Å². The Hall–Kier alpha value is -2.62. The van der Waals surface area contributed by atoms with E-state index in [1.165, 1.54) is 5.56 Å². The van der Waals surface area contributed by atoms with Gasteiger partial charge in [0.1, 0.15) is 0 Å². The molecule has 1 amide bonds. The summed E-state index contributed by atoms with van der Waals surface area (Å²) in [5, 5.41) is 2.80. The van der Waals surface area contributed by atoms with E-state index >= 15 is 0 Å². The fraction of sp³-hybridized carbons (Fsp3) is 0.300. The highest BCUT2D eigenvalue weighted by molar-refractivity contribution is 6.01. The number of nitrogens with one attached hydrogen (secondary N) is 1. The van der Waals surface area contributed by atoms with Crippen molar-refractivity contribution in [3.8, 4) is 0 Å². The molecule has 0 unspecified atom stereocenters. The van der Waals surface area contributed by atoms with Gasteiger partial charge in [0.05, 0.1) is 17.9 Å². The van der Waals surface area contributed by atoms with Crippen molar-refractivity contribution in [1.82, 2.24) is 0 Å². The lowest BCUT2D eigenvalue weighted by Gasteiger charge is -2.10. The first kappa shape index (κ1) is 17.7. The third kappa shape index (κ3) is 4.95. The number of carbonyl (C=O) groups is 2. The predicted octanol–water partition coefficient (Wildman–Crippen LogP) is 4.00. The second-order valence-electron chi connectivity index (χ2n) is 5.48. The van der Waals surface area contributed by atoms with E-state index in [0.29, 0.717) is 30.7 Å². The van der Waals surface area contributed by atoms with Gasteiger partial charge in [-0.3, -0.25) is 4.79 Å². The fourth-order valence-corrected chi connectivity index (χ4v) is 2.39. The molecule has 0 spiro atoms. The van der Waals surface area contributed by atoms with E-state index in [9.17, 15) is 9.59 Å². The van der Waals surface area contributed by atoms with Crippen LogP contribution in [0.1, 0.15) is 41.8 Å². The average molecular weight is 325 g/mol. The Kier molecular flexibility index (Phi) is 6.55. The van der Waals surface area contributed by atoms with Crippen LogP contribution in [0.25, 0.3) is 0 Å². The minimum atomic E-state index is -0.427. The second-order valence-corrected chi connectivity index (χ2v) is 5.48. The topological polar surface area (TPSA) is 55.4 Å². The van der Waals surface area contributed by atoms with Crippen LogP contribution >= 0.6 is 0 Å². The molecule has 126 valence electrons. The molecule has 0 heterocycles. The van der Waals surface area contributed by atoms with E-state index in [-0.39, 0.29) is 5.91 Å². The number of rotatable bonds is 7. The Labute approximate surface area is 142 Å². The normalized spacial score (nSPS) is 10.2. The SMILES string of the molecule is CCOC(=O)c1ccccc1NC(=O)CCc1ccc(CC)cc1. The minimum Gasteiger partial charge on any atom is -0.462 e. The Bertz CT molecular complexity index is 692. The van der Waals surface area contributed by atoms with Crippen molar-refractivity contribution in [1.29, 1.82) is 0 Å². The summed E-state index contributed by atoms with van der Waals surface area (Å²) in [5.74, 6) is -0.546. The number of aryl methyl sites for hydroxylation is 2. The quantitative estimate of drug-likeness (QED) is 0.783. The van der Waals surface area contributed by atoms with Gasteiger partial charge in [-0.05, 0) is 43.0 Å². The first-order chi connectivity index (χ1) is 11.6. The van der Waals surface area contributed by atoms with Crippen molar-refractivity contribution in [3.05, 3.63) is 65.2 Å². The van der Waals surface area contributed by atoms with Crippen LogP contribution in [-0.4, -0.2) is 18.5 Å². The molecule has 0 fully saturated rings. The van der Waals surface area contributed by atoms with Crippen molar-refractivity contribution in [2.45, 2.75) is 33.1 Å². The van der Waals surface area contributed by atoms with E-state index in [0.717, 1.165) is 12.0 Å². The molecule has 2 rings (SSSR count). The largest absolute Gasteiger partial charge is 0.462 e. The molecule has 0 aliphatic rings. The molecule has 4 nitrogen and oxygen atoms in total. The number of carbonyl (C=O) groups excluding carboxylic acids is 2. The van der Waals surface area contributed by atoms with Crippen molar-refractivity contribution >= 4 is 17.6 Å². The monoisotopic (exact) mass is 325 g/mol. The number of ether oxygens (including phenoxy) is 1. The van der Waals surface area contributed by atoms with Crippen LogP contribution in [0.3, 0.4) is 0 Å². The minimum absolute atomic E-state index is 0.119. The first-order valence-electron chi connectivity index (χ1n) is 8.27. The lowest BCUT2D eigenvalue weighted by molar-refractivity contribution is -0.116. The maximum Gasteiger partial charge on any atom is 0.340 e. The average Bonchev–Trinajstić information content (AvgIpc) is 2.61. The highest BCUT2D eigenvalue weighted by atomic mass is 16.5. The van der Waals surface area contributed by atoms with Gasteiger partial charge in [-0.2, -0.15) is 0 Å². The highest BCUT2D eigenvalue weighted by Gasteiger charge is 2.13. The molecule has 2 aromatic rings. The lowest BCUT2D eigenvalue weighted by Crippen LogP contribution is -2.16. The van der Waals surface area contributed by atoms with Gasteiger partial charge in [0.2, 0.25) is 5.91 Å². The summed E-state index contributed by atoms with van der Waals surface area (Å²) in [6.07, 6.45) is 2.03. The van der Waals surface area contributed by atoms with Crippen molar-refractivity contribution in [2.24, 2.45) is 0 Å². The fourth-order valence-electron chi connectivity index (χ4n) is 2.39. The number of benzene rings is 2. The van der Waals surface area contributed by atoms with Crippen LogP contribution in [-0.2, 0) is 22.4 Å². The number of para-hydroxylation sites is 1. The molecular weight excluding hydrogens is 302 g/mol. The maximum absolute atomic E-state index is 12.2. The van der Waals surface area contributed by atoms with E-state index < -0.39 is 5.97 Å². The van der Waals surface area contributed by atoms with Gasteiger partial charge < -0.3 is 10.1 Å². The molecule has 0 aromatic heterocycles. The molecule has 4 heteroatoms. The molecule has 24 heavy (non-hydrogen) atoms. The number of amides is 1. The Morgan fingerprint density at radius 1 is 0.958 bits per heavy atom. The number of hydrogen-bond donors (Lipinski definition) is 1. The lowest BCUT2D eigenvalue weighted by atomic mass is 10.1. The third-order valence-corrected chi connectivity index (χ3v) is 3.77. The van der Waals surface area contributed by atoms with Gasteiger partial charge in [-0.1, -0.05) is 43.3 Å². The smallest absolute Gasteiger partial charge is 0.340 e. The second kappa shape index (κ2) is 8.87. The van der Waals surface area contributed by atoms with Gasteiger partial charge in [0.25, 0.3) is 0 Å². The summed E-state index contributed by atoms with van der Waals surface area (Å²) in [6, 6.07) is 15.2. The molecular formula is C20H23NO3. The van der Waals surface area contributed by atoms with Gasteiger partial charge in [0, 0.05) is 6.42 Å². The summed E-state index contributed by atoms with van der Waals surface area (Å²) in [7, 11) is 0. The van der Waals surface area contributed by atoms with Crippen molar-refractivity contribution in [2.75, 3.05) is 11.9 Å². The molecule has 0 saturated heterocycles. The van der Waals surface area contributed by atoms with Crippen LogP contribution in [0.4, 0.5) is 5.69 Å². The van der Waals surface area contributed by atoms with Crippen molar-refractivity contribution in [3.63, 3.8) is 0 Å². The Morgan fingerprint density at radius 2 is 1.62 bits per heavy atom. The number of esters is 1. The molecule has 1 N–H and O–H groups in total. The molecule has 0 atom stereocenters. The van der Waals surface area contributed by atoms with E-state index in [2.05, 4.69) is 36.5 Å². The zero-order valence-corrected chi connectivity index (χ0v) is 14.2. The van der Waals surface area contributed by atoms with Crippen LogP contribution in [0, 0.1) is 0 Å². The zero-order valence-electron chi connectivity index (χ0n) is 14.2. The standard InChI is InChI=1S/C20H23NO3/c1-3-15-9-11-16(12-10-15)13-14-19(22)21-18-8-6-5-7-17(18)20(23)24-4-2/h5-12H,3-4,13-14H2,1-2H3,(H,21,22). The van der Waals surface area contributed by atoms with Gasteiger partial charge in [-0.25, -0.2) is 4.79 Å². The molecule has 0 radical (unpaired) electrons. The molecule has 0 aliphatic carbocycles.